The van der Waals surface area contributed by atoms with Crippen LogP contribution in [-0.2, 0) is 14.3 Å². The van der Waals surface area contributed by atoms with Crippen LogP contribution in [0.15, 0.2) is 71.9 Å². The Balaban J connectivity index is 1.51. The number of amidine groups is 1. The summed E-state index contributed by atoms with van der Waals surface area (Å²) in [6.45, 7) is 4.69. The van der Waals surface area contributed by atoms with Gasteiger partial charge >= 0.3 is 12.2 Å². The molecule has 3 N–H and O–H groups in total. The van der Waals surface area contributed by atoms with Crippen LogP contribution in [0.1, 0.15) is 32.8 Å². The molecule has 2 aliphatic rings. The van der Waals surface area contributed by atoms with Crippen LogP contribution in [0.2, 0.25) is 0 Å². The Morgan fingerprint density at radius 2 is 1.95 bits per heavy atom. The van der Waals surface area contributed by atoms with Crippen molar-refractivity contribution in [3.05, 3.63) is 78.1 Å². The van der Waals surface area contributed by atoms with Gasteiger partial charge in [-0.3, -0.25) is 10.3 Å². The summed E-state index contributed by atoms with van der Waals surface area (Å²) in [6.07, 6.45) is 1.07. The van der Waals surface area contributed by atoms with Gasteiger partial charge in [-0.25, -0.2) is 18.9 Å². The summed E-state index contributed by atoms with van der Waals surface area (Å²) in [7, 11) is 0. The highest BCUT2D eigenvalue weighted by Crippen LogP contribution is 2.31. The van der Waals surface area contributed by atoms with Gasteiger partial charge in [0.15, 0.2) is 6.10 Å². The maximum Gasteiger partial charge on any atom is 0.420 e. The van der Waals surface area contributed by atoms with E-state index in [9.17, 15) is 14.7 Å². The summed E-state index contributed by atoms with van der Waals surface area (Å²) in [4.78, 5) is 32.3. The molecule has 0 aromatic heterocycles. The Bertz CT molecular complexity index is 1400. The lowest BCUT2D eigenvalue weighted by atomic mass is 9.99. The number of halogens is 1. The largest absolute Gasteiger partial charge is 0.515 e. The van der Waals surface area contributed by atoms with Gasteiger partial charge in [-0.05, 0) is 50.1 Å². The molecule has 11 nitrogen and oxygen atoms in total. The molecule has 1 fully saturated rings. The van der Waals surface area contributed by atoms with Crippen molar-refractivity contribution in [3.63, 3.8) is 0 Å². The highest BCUT2D eigenvalue weighted by atomic mass is 19.1. The quantitative estimate of drug-likeness (QED) is 0.258. The monoisotopic (exact) mass is 552 g/mol. The van der Waals surface area contributed by atoms with E-state index in [0.29, 0.717) is 29.5 Å². The lowest BCUT2D eigenvalue weighted by molar-refractivity contribution is 0.0390. The first-order valence-corrected chi connectivity index (χ1v) is 12.3. The third kappa shape index (κ3) is 6.46. The van der Waals surface area contributed by atoms with Crippen molar-refractivity contribution in [2.24, 2.45) is 5.16 Å². The van der Waals surface area contributed by atoms with E-state index < -0.39 is 29.4 Å². The van der Waals surface area contributed by atoms with Gasteiger partial charge in [0.2, 0.25) is 0 Å². The van der Waals surface area contributed by atoms with Crippen LogP contribution in [0.4, 0.5) is 19.7 Å². The molecular formula is C28H29FN4O7. The second kappa shape index (κ2) is 11.6. The standard InChI is InChI=1S/C28H29FN4O7/c1-28(2,3)39-27(37)33(25(30)10-11-34)15-21-14-32(26(36)38-21)19-8-9-22(23(29)12-19)17-4-6-18(7-5-17)24-13-20(16-35)40-31-24/h4-12,15,20,30,34-35H,13-14,16H2,1-3H3/b11-10-,21-15-,30-25?. The Hall–Kier alpha value is -4.71. The summed E-state index contributed by atoms with van der Waals surface area (Å²) in [5.74, 6) is -0.988. The predicted octanol–water partition coefficient (Wildman–Crippen LogP) is 5.06. The smallest absolute Gasteiger partial charge is 0.420 e. The molecule has 4 rings (SSSR count). The Morgan fingerprint density at radius 3 is 2.55 bits per heavy atom. The minimum absolute atomic E-state index is 0.00858. The zero-order valence-corrected chi connectivity index (χ0v) is 22.1. The number of amides is 2. The van der Waals surface area contributed by atoms with E-state index in [-0.39, 0.29) is 30.7 Å². The van der Waals surface area contributed by atoms with Crippen LogP contribution < -0.4 is 4.90 Å². The molecule has 1 saturated heterocycles. The first kappa shape index (κ1) is 28.3. The van der Waals surface area contributed by atoms with Crippen molar-refractivity contribution in [2.75, 3.05) is 18.1 Å². The van der Waals surface area contributed by atoms with Crippen LogP contribution in [0.25, 0.3) is 11.1 Å². The summed E-state index contributed by atoms with van der Waals surface area (Å²) in [5.41, 5.74) is 1.80. The number of aliphatic hydroxyl groups is 2. The first-order valence-electron chi connectivity index (χ1n) is 12.3. The van der Waals surface area contributed by atoms with Gasteiger partial charge in [0, 0.05) is 18.1 Å². The van der Waals surface area contributed by atoms with Crippen molar-refractivity contribution >= 4 is 29.4 Å². The predicted molar refractivity (Wildman–Crippen MR) is 144 cm³/mol. The highest BCUT2D eigenvalue weighted by Gasteiger charge is 2.32. The van der Waals surface area contributed by atoms with Crippen LogP contribution >= 0.6 is 0 Å². The third-order valence-electron chi connectivity index (χ3n) is 5.84. The fourth-order valence-corrected chi connectivity index (χ4v) is 3.96. The van der Waals surface area contributed by atoms with Crippen LogP contribution in [-0.4, -0.2) is 63.7 Å². The Labute approximate surface area is 229 Å². The third-order valence-corrected chi connectivity index (χ3v) is 5.84. The maximum atomic E-state index is 15.2. The number of cyclic esters (lactones) is 1. The van der Waals surface area contributed by atoms with E-state index in [1.54, 1.807) is 57.2 Å². The van der Waals surface area contributed by atoms with E-state index in [0.717, 1.165) is 22.7 Å². The number of oxime groups is 1. The molecule has 0 radical (unpaired) electrons. The average molecular weight is 553 g/mol. The minimum Gasteiger partial charge on any atom is -0.515 e. The normalized spacial score (nSPS) is 18.1. The molecule has 40 heavy (non-hydrogen) atoms. The average Bonchev–Trinajstić information content (AvgIpc) is 3.53. The molecule has 0 bridgehead atoms. The van der Waals surface area contributed by atoms with Gasteiger partial charge in [0.05, 0.1) is 37.0 Å². The van der Waals surface area contributed by atoms with Gasteiger partial charge in [-0.1, -0.05) is 29.4 Å². The molecule has 2 aromatic rings. The number of rotatable bonds is 6. The molecule has 0 saturated carbocycles. The van der Waals surface area contributed by atoms with Gasteiger partial charge in [0.25, 0.3) is 0 Å². The van der Waals surface area contributed by atoms with Crippen LogP contribution in [0, 0.1) is 11.2 Å². The number of benzene rings is 2. The summed E-state index contributed by atoms with van der Waals surface area (Å²) in [5, 5.41) is 30.3. The zero-order valence-electron chi connectivity index (χ0n) is 22.1. The van der Waals surface area contributed by atoms with E-state index in [4.69, 9.17) is 24.8 Å². The molecule has 210 valence electrons. The molecule has 1 atom stereocenters. The van der Waals surface area contributed by atoms with Gasteiger partial charge in [0.1, 0.15) is 23.0 Å². The van der Waals surface area contributed by atoms with E-state index in [1.807, 2.05) is 0 Å². The number of hydrogen-bond acceptors (Lipinski definition) is 9. The Kier molecular flexibility index (Phi) is 8.19. The van der Waals surface area contributed by atoms with Crippen LogP contribution in [0.5, 0.6) is 0 Å². The van der Waals surface area contributed by atoms with Gasteiger partial charge < -0.3 is 24.5 Å². The van der Waals surface area contributed by atoms with Crippen molar-refractivity contribution in [3.8, 4) is 11.1 Å². The molecule has 12 heteroatoms. The Morgan fingerprint density at radius 1 is 1.25 bits per heavy atom. The zero-order chi connectivity index (χ0) is 29.0. The molecule has 2 amide bonds. The van der Waals surface area contributed by atoms with Crippen molar-refractivity contribution < 1.29 is 38.5 Å². The van der Waals surface area contributed by atoms with Gasteiger partial charge in [-0.15, -0.1) is 0 Å². The van der Waals surface area contributed by atoms with E-state index in [2.05, 4.69) is 5.16 Å². The number of carbonyl (C=O) groups is 2. The number of nitrogens with one attached hydrogen (secondary N) is 1. The number of aliphatic hydroxyl groups excluding tert-OH is 2. The fourth-order valence-electron chi connectivity index (χ4n) is 3.96. The molecule has 2 heterocycles. The van der Waals surface area contributed by atoms with E-state index in [1.165, 1.54) is 11.0 Å². The number of anilines is 1. The van der Waals surface area contributed by atoms with Crippen molar-refractivity contribution in [1.29, 1.82) is 5.41 Å². The molecule has 2 aliphatic heterocycles. The van der Waals surface area contributed by atoms with Gasteiger partial charge in [-0.2, -0.15) is 0 Å². The number of hydrogen-bond donors (Lipinski definition) is 3. The lowest BCUT2D eigenvalue weighted by Crippen LogP contribution is -2.36. The second-order valence-electron chi connectivity index (χ2n) is 9.99. The van der Waals surface area contributed by atoms with Crippen molar-refractivity contribution in [1.82, 2.24) is 4.90 Å². The van der Waals surface area contributed by atoms with Crippen LogP contribution in [0.3, 0.4) is 0 Å². The molecule has 0 aliphatic carbocycles. The van der Waals surface area contributed by atoms with E-state index >= 15 is 4.39 Å². The number of ether oxygens (including phenoxy) is 2. The number of nitrogens with zero attached hydrogens (tertiary/aromatic N) is 3. The van der Waals surface area contributed by atoms with Crippen molar-refractivity contribution in [2.45, 2.75) is 38.9 Å². The first-order chi connectivity index (χ1) is 19.0. The number of carbonyl (C=O) groups excluding carboxylic acids is 2. The molecular weight excluding hydrogens is 523 g/mol. The highest BCUT2D eigenvalue weighted by molar-refractivity contribution is 6.02. The second-order valence-corrected chi connectivity index (χ2v) is 9.99. The fraction of sp³-hybridized carbons (Fsp3) is 0.286. The SMILES string of the molecule is CC(C)(C)OC(=O)N(/C=C1/CN(c2ccc(-c3ccc(C4=NOC(CO)C4)cc3)c(F)c2)C(=O)O1)C(=N)/C=C\O. The molecule has 1 unspecified atom stereocenters. The molecule has 0 spiro atoms. The minimum atomic E-state index is -0.917. The summed E-state index contributed by atoms with van der Waals surface area (Å²) in [6, 6.07) is 11.4. The summed E-state index contributed by atoms with van der Waals surface area (Å²) < 4.78 is 25.7. The maximum absolute atomic E-state index is 15.2. The topological polar surface area (TPSA) is 145 Å². The summed E-state index contributed by atoms with van der Waals surface area (Å²) >= 11 is 0. The lowest BCUT2D eigenvalue weighted by Gasteiger charge is -2.24. The molecule has 2 aromatic carbocycles.